The summed E-state index contributed by atoms with van der Waals surface area (Å²) >= 11 is 7.46. The van der Waals surface area contributed by atoms with Crippen molar-refractivity contribution in [2.75, 3.05) is 18.9 Å². The van der Waals surface area contributed by atoms with E-state index in [1.165, 1.54) is 12.1 Å². The van der Waals surface area contributed by atoms with Crippen LogP contribution < -0.4 is 10.1 Å². The molecule has 3 nitrogen and oxygen atoms in total. The first-order valence-electron chi connectivity index (χ1n) is 7.17. The Morgan fingerprint density at radius 2 is 2.00 bits per heavy atom. The van der Waals surface area contributed by atoms with E-state index < -0.39 is 0 Å². The van der Waals surface area contributed by atoms with Crippen molar-refractivity contribution in [1.82, 2.24) is 5.32 Å². The van der Waals surface area contributed by atoms with Gasteiger partial charge in [0, 0.05) is 16.5 Å². The Labute approximate surface area is 144 Å². The third kappa shape index (κ3) is 6.93. The summed E-state index contributed by atoms with van der Waals surface area (Å²) < 4.78 is 18.1. The van der Waals surface area contributed by atoms with E-state index in [1.54, 1.807) is 48.2 Å². The number of thioether (sulfide) groups is 1. The van der Waals surface area contributed by atoms with Crippen LogP contribution in [0.4, 0.5) is 4.39 Å². The smallest absolute Gasteiger partial charge is 0.257 e. The van der Waals surface area contributed by atoms with E-state index in [-0.39, 0.29) is 18.3 Å². The second-order valence-electron chi connectivity index (χ2n) is 4.75. The molecule has 0 heterocycles. The van der Waals surface area contributed by atoms with Gasteiger partial charge in [-0.25, -0.2) is 4.39 Å². The van der Waals surface area contributed by atoms with E-state index in [9.17, 15) is 9.18 Å². The van der Waals surface area contributed by atoms with E-state index >= 15 is 0 Å². The van der Waals surface area contributed by atoms with Crippen molar-refractivity contribution in [3.05, 3.63) is 59.4 Å². The SMILES string of the molecule is O=C(COc1cccc(Cl)c1)NCCCSc1ccc(F)cc1. The standard InChI is InChI=1S/C17H17ClFNO2S/c18-13-3-1-4-15(11-13)22-12-17(21)20-9-2-10-23-16-7-5-14(19)6-8-16/h1,3-8,11H,2,9-10,12H2,(H,20,21). The average molecular weight is 354 g/mol. The molecule has 2 aromatic rings. The maximum atomic E-state index is 12.8. The van der Waals surface area contributed by atoms with E-state index in [0.717, 1.165) is 17.1 Å². The number of ether oxygens (including phenoxy) is 1. The molecule has 0 aliphatic heterocycles. The number of rotatable bonds is 8. The summed E-state index contributed by atoms with van der Waals surface area (Å²) in [5.74, 6) is 1.01. The second-order valence-corrected chi connectivity index (χ2v) is 6.36. The maximum Gasteiger partial charge on any atom is 0.257 e. The van der Waals surface area contributed by atoms with E-state index in [4.69, 9.17) is 16.3 Å². The fraction of sp³-hybridized carbons (Fsp3) is 0.235. The Morgan fingerprint density at radius 3 is 2.74 bits per heavy atom. The quantitative estimate of drug-likeness (QED) is 0.572. The van der Waals surface area contributed by atoms with Crippen LogP contribution in [-0.4, -0.2) is 24.8 Å². The average Bonchev–Trinajstić information content (AvgIpc) is 2.54. The van der Waals surface area contributed by atoms with Gasteiger partial charge in [0.2, 0.25) is 0 Å². The second kappa shape index (κ2) is 9.43. The molecule has 1 amide bonds. The van der Waals surface area contributed by atoms with Crippen LogP contribution in [0.3, 0.4) is 0 Å². The van der Waals surface area contributed by atoms with Crippen molar-refractivity contribution >= 4 is 29.3 Å². The maximum absolute atomic E-state index is 12.8. The normalized spacial score (nSPS) is 10.3. The topological polar surface area (TPSA) is 38.3 Å². The fourth-order valence-corrected chi connectivity index (χ4v) is 2.81. The molecule has 0 aromatic heterocycles. The molecule has 6 heteroatoms. The Bertz CT molecular complexity index is 637. The first-order chi connectivity index (χ1) is 11.1. The van der Waals surface area contributed by atoms with Gasteiger partial charge in [0.1, 0.15) is 11.6 Å². The minimum atomic E-state index is -0.235. The lowest BCUT2D eigenvalue weighted by molar-refractivity contribution is -0.123. The minimum Gasteiger partial charge on any atom is -0.484 e. The van der Waals surface area contributed by atoms with Gasteiger partial charge in [-0.1, -0.05) is 17.7 Å². The van der Waals surface area contributed by atoms with Gasteiger partial charge in [0.05, 0.1) is 0 Å². The molecule has 0 saturated carbocycles. The summed E-state index contributed by atoms with van der Waals surface area (Å²) in [5, 5.41) is 3.36. The molecule has 1 N–H and O–H groups in total. The van der Waals surface area contributed by atoms with Crippen LogP contribution in [0, 0.1) is 5.82 Å². The predicted molar refractivity (Wildman–Crippen MR) is 91.7 cm³/mol. The monoisotopic (exact) mass is 353 g/mol. The van der Waals surface area contributed by atoms with Gasteiger partial charge in [-0.05, 0) is 54.6 Å². The fourth-order valence-electron chi connectivity index (χ4n) is 1.78. The molecule has 0 saturated heterocycles. The summed E-state index contributed by atoms with van der Waals surface area (Å²) in [4.78, 5) is 12.7. The van der Waals surface area contributed by atoms with Crippen LogP contribution in [0.25, 0.3) is 0 Å². The van der Waals surface area contributed by atoms with Gasteiger partial charge in [-0.15, -0.1) is 11.8 Å². The van der Waals surface area contributed by atoms with Crippen molar-refractivity contribution < 1.29 is 13.9 Å². The molecule has 0 fully saturated rings. The Kier molecular flexibility index (Phi) is 7.23. The highest BCUT2D eigenvalue weighted by atomic mass is 35.5. The molecule has 23 heavy (non-hydrogen) atoms. The summed E-state index contributed by atoms with van der Waals surface area (Å²) in [7, 11) is 0. The van der Waals surface area contributed by atoms with Crippen LogP contribution >= 0.6 is 23.4 Å². The molecular weight excluding hydrogens is 337 g/mol. The van der Waals surface area contributed by atoms with Gasteiger partial charge >= 0.3 is 0 Å². The van der Waals surface area contributed by atoms with Crippen LogP contribution in [0.1, 0.15) is 6.42 Å². The number of amides is 1. The highest BCUT2D eigenvalue weighted by Crippen LogP contribution is 2.18. The van der Waals surface area contributed by atoms with Crippen LogP contribution in [-0.2, 0) is 4.79 Å². The Hall–Kier alpha value is -1.72. The molecule has 122 valence electrons. The first-order valence-corrected chi connectivity index (χ1v) is 8.53. The molecule has 0 spiro atoms. The number of halogens is 2. The molecule has 2 aromatic carbocycles. The third-order valence-corrected chi connectivity index (χ3v) is 4.23. The number of nitrogens with one attached hydrogen (secondary N) is 1. The molecule has 0 unspecified atom stereocenters. The van der Waals surface area contributed by atoms with Crippen molar-refractivity contribution in [3.8, 4) is 5.75 Å². The van der Waals surface area contributed by atoms with Gasteiger partial charge in [0.25, 0.3) is 5.91 Å². The highest BCUT2D eigenvalue weighted by molar-refractivity contribution is 7.99. The molecule has 0 aliphatic carbocycles. The van der Waals surface area contributed by atoms with Crippen molar-refractivity contribution in [1.29, 1.82) is 0 Å². The van der Waals surface area contributed by atoms with E-state index in [1.807, 2.05) is 0 Å². The Balaban J connectivity index is 1.57. The zero-order valence-electron chi connectivity index (χ0n) is 12.4. The largest absolute Gasteiger partial charge is 0.484 e. The van der Waals surface area contributed by atoms with Crippen molar-refractivity contribution in [2.45, 2.75) is 11.3 Å². The molecule has 0 radical (unpaired) electrons. The van der Waals surface area contributed by atoms with Crippen LogP contribution in [0.5, 0.6) is 5.75 Å². The predicted octanol–water partition coefficient (Wildman–Crippen LogP) is 4.16. The van der Waals surface area contributed by atoms with Gasteiger partial charge in [-0.3, -0.25) is 4.79 Å². The number of carbonyl (C=O) groups is 1. The van der Waals surface area contributed by atoms with E-state index in [2.05, 4.69) is 5.32 Å². The molecule has 0 atom stereocenters. The highest BCUT2D eigenvalue weighted by Gasteiger charge is 2.03. The lowest BCUT2D eigenvalue weighted by Gasteiger charge is -2.07. The van der Waals surface area contributed by atoms with Gasteiger partial charge in [-0.2, -0.15) is 0 Å². The number of benzene rings is 2. The number of hydrogen-bond donors (Lipinski definition) is 1. The zero-order valence-corrected chi connectivity index (χ0v) is 14.0. The Morgan fingerprint density at radius 1 is 1.22 bits per heavy atom. The molecular formula is C17H17ClFNO2S. The summed E-state index contributed by atoms with van der Waals surface area (Å²) in [6.07, 6.45) is 0.824. The lowest BCUT2D eigenvalue weighted by Crippen LogP contribution is -2.29. The zero-order chi connectivity index (χ0) is 16.5. The molecule has 0 bridgehead atoms. The minimum absolute atomic E-state index is 0.0363. The lowest BCUT2D eigenvalue weighted by atomic mass is 10.3. The third-order valence-electron chi connectivity index (χ3n) is 2.89. The summed E-state index contributed by atoms with van der Waals surface area (Å²) in [5.41, 5.74) is 0. The number of carbonyl (C=O) groups excluding carboxylic acids is 1. The van der Waals surface area contributed by atoms with Crippen molar-refractivity contribution in [3.63, 3.8) is 0 Å². The summed E-state index contributed by atoms with van der Waals surface area (Å²) in [6, 6.07) is 13.3. The molecule has 0 aliphatic rings. The molecule has 2 rings (SSSR count). The van der Waals surface area contributed by atoms with Crippen LogP contribution in [0.15, 0.2) is 53.4 Å². The summed E-state index contributed by atoms with van der Waals surface area (Å²) in [6.45, 7) is 0.539. The number of hydrogen-bond acceptors (Lipinski definition) is 3. The van der Waals surface area contributed by atoms with Gasteiger partial charge < -0.3 is 10.1 Å². The van der Waals surface area contributed by atoms with E-state index in [0.29, 0.717) is 17.3 Å². The van der Waals surface area contributed by atoms with Crippen molar-refractivity contribution in [2.24, 2.45) is 0 Å². The van der Waals surface area contributed by atoms with Crippen LogP contribution in [0.2, 0.25) is 5.02 Å². The van der Waals surface area contributed by atoms with Gasteiger partial charge in [0.15, 0.2) is 6.61 Å². The first kappa shape index (κ1) is 17.6.